The second-order valence-corrected chi connectivity index (χ2v) is 2.85. The van der Waals surface area contributed by atoms with E-state index in [1.165, 1.54) is 0 Å². The van der Waals surface area contributed by atoms with Gasteiger partial charge in [-0.2, -0.15) is 0 Å². The topological polar surface area (TPSA) is 50.4 Å². The summed E-state index contributed by atoms with van der Waals surface area (Å²) in [7, 11) is 1.77. The molecule has 4 heteroatoms. The fourth-order valence-corrected chi connectivity index (χ4v) is 0.814. The van der Waals surface area contributed by atoms with Crippen molar-refractivity contribution in [3.8, 4) is 0 Å². The van der Waals surface area contributed by atoms with Gasteiger partial charge < -0.3 is 15.4 Å². The van der Waals surface area contributed by atoms with Crippen molar-refractivity contribution in [3.63, 3.8) is 0 Å². The molecule has 0 aliphatic heterocycles. The number of rotatable bonds is 7. The van der Waals surface area contributed by atoms with Crippen LogP contribution in [0.5, 0.6) is 0 Å². The molecule has 4 nitrogen and oxygen atoms in total. The fourth-order valence-electron chi connectivity index (χ4n) is 0.814. The zero-order valence-electron chi connectivity index (χ0n) is 8.72. The normalized spacial score (nSPS) is 12.5. The van der Waals surface area contributed by atoms with Crippen molar-refractivity contribution in [2.75, 3.05) is 26.8 Å². The van der Waals surface area contributed by atoms with Crippen LogP contribution in [-0.4, -0.2) is 38.8 Å². The van der Waals surface area contributed by atoms with Crippen molar-refractivity contribution in [1.82, 2.24) is 10.6 Å². The van der Waals surface area contributed by atoms with E-state index in [2.05, 4.69) is 10.6 Å². The van der Waals surface area contributed by atoms with Gasteiger partial charge in [0.15, 0.2) is 0 Å². The van der Waals surface area contributed by atoms with Gasteiger partial charge in [0.2, 0.25) is 5.91 Å². The molecule has 0 fully saturated rings. The summed E-state index contributed by atoms with van der Waals surface area (Å²) in [6.07, 6.45) is 0.871. The molecule has 13 heavy (non-hydrogen) atoms. The van der Waals surface area contributed by atoms with Crippen molar-refractivity contribution in [3.05, 3.63) is 0 Å². The molecule has 1 atom stereocenters. The highest BCUT2D eigenvalue weighted by atomic mass is 16.5. The SMILES string of the molecule is CCOCCCNC(=O)C(C)NC. The van der Waals surface area contributed by atoms with Gasteiger partial charge >= 0.3 is 0 Å². The zero-order chi connectivity index (χ0) is 10.1. The van der Waals surface area contributed by atoms with Crippen LogP contribution in [0.3, 0.4) is 0 Å². The van der Waals surface area contributed by atoms with Crippen molar-refractivity contribution in [2.45, 2.75) is 26.3 Å². The number of hydrogen-bond acceptors (Lipinski definition) is 3. The van der Waals surface area contributed by atoms with Gasteiger partial charge in [0, 0.05) is 19.8 Å². The standard InChI is InChI=1S/C9H20N2O2/c1-4-13-7-5-6-11-9(12)8(2)10-3/h8,10H,4-7H2,1-3H3,(H,11,12). The van der Waals surface area contributed by atoms with Crippen molar-refractivity contribution in [1.29, 1.82) is 0 Å². The van der Waals surface area contributed by atoms with E-state index < -0.39 is 0 Å². The maximum atomic E-state index is 11.2. The first kappa shape index (κ1) is 12.4. The molecule has 0 radical (unpaired) electrons. The van der Waals surface area contributed by atoms with Crippen molar-refractivity contribution < 1.29 is 9.53 Å². The Morgan fingerprint density at radius 2 is 2.23 bits per heavy atom. The number of hydrogen-bond donors (Lipinski definition) is 2. The van der Waals surface area contributed by atoms with E-state index in [9.17, 15) is 4.79 Å². The van der Waals surface area contributed by atoms with Gasteiger partial charge in [-0.25, -0.2) is 0 Å². The van der Waals surface area contributed by atoms with Crippen LogP contribution in [0.15, 0.2) is 0 Å². The van der Waals surface area contributed by atoms with Gasteiger partial charge in [-0.1, -0.05) is 0 Å². The van der Waals surface area contributed by atoms with Crippen LogP contribution in [-0.2, 0) is 9.53 Å². The smallest absolute Gasteiger partial charge is 0.236 e. The molecule has 0 aromatic carbocycles. The Labute approximate surface area is 80.0 Å². The minimum atomic E-state index is -0.118. The van der Waals surface area contributed by atoms with Crippen LogP contribution in [0.4, 0.5) is 0 Å². The minimum Gasteiger partial charge on any atom is -0.382 e. The average Bonchev–Trinajstić information content (AvgIpc) is 2.16. The molecule has 2 N–H and O–H groups in total. The first-order valence-electron chi connectivity index (χ1n) is 4.75. The Balaban J connectivity index is 3.27. The lowest BCUT2D eigenvalue weighted by Gasteiger charge is -2.10. The largest absolute Gasteiger partial charge is 0.382 e. The zero-order valence-corrected chi connectivity index (χ0v) is 8.72. The molecule has 0 heterocycles. The molecule has 0 rings (SSSR count). The Kier molecular flexibility index (Phi) is 7.63. The summed E-state index contributed by atoms with van der Waals surface area (Å²) in [5.41, 5.74) is 0. The Morgan fingerprint density at radius 3 is 2.77 bits per heavy atom. The number of carbonyl (C=O) groups excluding carboxylic acids is 1. The first-order valence-corrected chi connectivity index (χ1v) is 4.75. The van der Waals surface area contributed by atoms with E-state index in [1.807, 2.05) is 13.8 Å². The highest BCUT2D eigenvalue weighted by Crippen LogP contribution is 1.83. The summed E-state index contributed by atoms with van der Waals surface area (Å²) < 4.78 is 5.14. The van der Waals surface area contributed by atoms with Gasteiger partial charge in [0.25, 0.3) is 0 Å². The summed E-state index contributed by atoms with van der Waals surface area (Å²) in [5.74, 6) is 0.0407. The summed E-state index contributed by atoms with van der Waals surface area (Å²) in [6.45, 7) is 5.93. The predicted octanol–water partition coefficient (Wildman–Crippen LogP) is 0.137. The first-order chi connectivity index (χ1) is 6.22. The molecule has 0 aliphatic carbocycles. The summed E-state index contributed by atoms with van der Waals surface area (Å²) >= 11 is 0. The maximum Gasteiger partial charge on any atom is 0.236 e. The minimum absolute atomic E-state index is 0.0407. The second-order valence-electron chi connectivity index (χ2n) is 2.85. The molecule has 1 amide bonds. The third kappa shape index (κ3) is 6.54. The van der Waals surface area contributed by atoms with E-state index in [0.29, 0.717) is 13.2 Å². The molecule has 1 unspecified atom stereocenters. The highest BCUT2D eigenvalue weighted by Gasteiger charge is 2.07. The maximum absolute atomic E-state index is 11.2. The van der Waals surface area contributed by atoms with Gasteiger partial charge in [0.1, 0.15) is 0 Å². The molecule has 78 valence electrons. The average molecular weight is 188 g/mol. The Morgan fingerprint density at radius 1 is 1.54 bits per heavy atom. The molecular formula is C9H20N2O2. The monoisotopic (exact) mass is 188 g/mol. The van der Waals surface area contributed by atoms with Crippen LogP contribution in [0.2, 0.25) is 0 Å². The lowest BCUT2D eigenvalue weighted by atomic mass is 10.3. The predicted molar refractivity (Wildman–Crippen MR) is 52.6 cm³/mol. The van der Waals surface area contributed by atoms with E-state index in [0.717, 1.165) is 13.0 Å². The number of nitrogens with one attached hydrogen (secondary N) is 2. The van der Waals surface area contributed by atoms with E-state index >= 15 is 0 Å². The molecule has 0 aliphatic rings. The number of carbonyl (C=O) groups is 1. The Hall–Kier alpha value is -0.610. The van der Waals surface area contributed by atoms with Crippen molar-refractivity contribution >= 4 is 5.91 Å². The number of amides is 1. The lowest BCUT2D eigenvalue weighted by Crippen LogP contribution is -2.40. The number of ether oxygens (including phenoxy) is 1. The summed E-state index contributed by atoms with van der Waals surface area (Å²) in [4.78, 5) is 11.2. The molecule has 0 aromatic heterocycles. The molecule has 0 aromatic rings. The fraction of sp³-hybridized carbons (Fsp3) is 0.889. The third-order valence-corrected chi connectivity index (χ3v) is 1.80. The van der Waals surface area contributed by atoms with Gasteiger partial charge in [-0.05, 0) is 27.3 Å². The molecule has 0 saturated heterocycles. The molecule has 0 bridgehead atoms. The molecule has 0 saturated carbocycles. The second kappa shape index (κ2) is 8.01. The van der Waals surface area contributed by atoms with Gasteiger partial charge in [0.05, 0.1) is 6.04 Å². The third-order valence-electron chi connectivity index (χ3n) is 1.80. The van der Waals surface area contributed by atoms with Crippen LogP contribution in [0.1, 0.15) is 20.3 Å². The van der Waals surface area contributed by atoms with Crippen LogP contribution in [0.25, 0.3) is 0 Å². The quantitative estimate of drug-likeness (QED) is 0.559. The van der Waals surface area contributed by atoms with Gasteiger partial charge in [-0.3, -0.25) is 4.79 Å². The van der Waals surface area contributed by atoms with Gasteiger partial charge in [-0.15, -0.1) is 0 Å². The van der Waals surface area contributed by atoms with Crippen LogP contribution < -0.4 is 10.6 Å². The molecular weight excluding hydrogens is 168 g/mol. The lowest BCUT2D eigenvalue weighted by molar-refractivity contribution is -0.122. The summed E-state index contributed by atoms with van der Waals surface area (Å²) in [5, 5.41) is 5.68. The Bertz CT molecular complexity index is 140. The van der Waals surface area contributed by atoms with Crippen LogP contribution >= 0.6 is 0 Å². The number of likely N-dealkylation sites (N-methyl/N-ethyl adjacent to an activating group) is 1. The van der Waals surface area contributed by atoms with Crippen LogP contribution in [0, 0.1) is 0 Å². The van der Waals surface area contributed by atoms with E-state index in [4.69, 9.17) is 4.74 Å². The highest BCUT2D eigenvalue weighted by molar-refractivity contribution is 5.81. The van der Waals surface area contributed by atoms with E-state index in [1.54, 1.807) is 7.05 Å². The van der Waals surface area contributed by atoms with E-state index in [-0.39, 0.29) is 11.9 Å². The summed E-state index contributed by atoms with van der Waals surface area (Å²) in [6, 6.07) is -0.118. The van der Waals surface area contributed by atoms with Crippen molar-refractivity contribution in [2.24, 2.45) is 0 Å². The molecule has 0 spiro atoms.